The first-order valence-electron chi connectivity index (χ1n) is 5.87. The molecule has 1 aromatic heterocycles. The van der Waals surface area contributed by atoms with E-state index in [0.717, 1.165) is 35.5 Å². The predicted molar refractivity (Wildman–Crippen MR) is 77.0 cm³/mol. The zero-order chi connectivity index (χ0) is 12.5. The highest BCUT2D eigenvalue weighted by Gasteiger charge is 2.18. The van der Waals surface area contributed by atoms with Gasteiger partial charge in [-0.1, -0.05) is 6.07 Å². The van der Waals surface area contributed by atoms with Crippen LogP contribution in [-0.4, -0.2) is 16.1 Å². The van der Waals surface area contributed by atoms with Gasteiger partial charge in [0, 0.05) is 35.8 Å². The van der Waals surface area contributed by atoms with Crippen molar-refractivity contribution in [1.82, 2.24) is 9.55 Å². The highest BCUT2D eigenvalue weighted by atomic mass is 79.9. The molecule has 0 amide bonds. The number of hydrogen-bond donors (Lipinski definition) is 0. The molecule has 0 aliphatic carbocycles. The van der Waals surface area contributed by atoms with Gasteiger partial charge in [0.1, 0.15) is 5.82 Å². The van der Waals surface area contributed by atoms with Gasteiger partial charge in [-0.25, -0.2) is 4.98 Å². The molecule has 0 unspecified atom stereocenters. The van der Waals surface area contributed by atoms with Crippen molar-refractivity contribution in [2.75, 3.05) is 11.4 Å². The van der Waals surface area contributed by atoms with Crippen LogP contribution in [0.5, 0.6) is 0 Å². The summed E-state index contributed by atoms with van der Waals surface area (Å²) in [6.45, 7) is 2.84. The molecule has 1 aromatic carbocycles. The van der Waals surface area contributed by atoms with Crippen LogP contribution >= 0.6 is 27.5 Å². The van der Waals surface area contributed by atoms with Gasteiger partial charge in [0.15, 0.2) is 0 Å². The second-order valence-corrected chi connectivity index (χ2v) is 5.50. The maximum absolute atomic E-state index is 5.84. The summed E-state index contributed by atoms with van der Waals surface area (Å²) in [5.41, 5.74) is 2.34. The average molecular weight is 327 g/mol. The quantitative estimate of drug-likeness (QED) is 0.789. The minimum absolute atomic E-state index is 0.545. The lowest BCUT2D eigenvalue weighted by molar-refractivity contribution is 0.559. The first-order chi connectivity index (χ1) is 8.78. The van der Waals surface area contributed by atoms with Crippen molar-refractivity contribution in [3.63, 3.8) is 0 Å². The van der Waals surface area contributed by atoms with Crippen LogP contribution in [0.15, 0.2) is 35.1 Å². The molecule has 2 heterocycles. The highest BCUT2D eigenvalue weighted by molar-refractivity contribution is 9.10. The Hall–Kier alpha value is -1.00. The van der Waals surface area contributed by atoms with Crippen molar-refractivity contribution in [3.8, 4) is 0 Å². The summed E-state index contributed by atoms with van der Waals surface area (Å²) in [6, 6.07) is 6.29. The van der Waals surface area contributed by atoms with Gasteiger partial charge in [0.05, 0.1) is 12.2 Å². The second-order valence-electron chi connectivity index (χ2n) is 4.38. The van der Waals surface area contributed by atoms with Gasteiger partial charge in [0.2, 0.25) is 0 Å². The molecule has 2 aromatic rings. The molecule has 0 radical (unpaired) electrons. The smallest absolute Gasteiger partial charge is 0.128 e. The molecule has 0 spiro atoms. The Bertz CT molecular complexity index is 567. The number of alkyl halides is 1. The van der Waals surface area contributed by atoms with Gasteiger partial charge in [-0.3, -0.25) is 0 Å². The van der Waals surface area contributed by atoms with E-state index in [4.69, 9.17) is 11.6 Å². The fourth-order valence-corrected chi connectivity index (χ4v) is 3.11. The van der Waals surface area contributed by atoms with Crippen LogP contribution in [0.25, 0.3) is 0 Å². The summed E-state index contributed by atoms with van der Waals surface area (Å²) in [5, 5.41) is 0. The third-order valence-corrected chi connectivity index (χ3v) is 4.20. The van der Waals surface area contributed by atoms with Crippen LogP contribution < -0.4 is 4.90 Å². The fraction of sp³-hybridized carbons (Fsp3) is 0.308. The lowest BCUT2D eigenvalue weighted by atomic mass is 10.2. The highest BCUT2D eigenvalue weighted by Crippen LogP contribution is 2.30. The first-order valence-corrected chi connectivity index (χ1v) is 7.20. The van der Waals surface area contributed by atoms with Crippen LogP contribution in [0, 0.1) is 0 Å². The number of nitrogens with zero attached hydrogens (tertiary/aromatic N) is 3. The predicted octanol–water partition coefficient (Wildman–Crippen LogP) is 3.40. The molecule has 0 N–H and O–H groups in total. The fourth-order valence-electron chi connectivity index (χ4n) is 2.27. The van der Waals surface area contributed by atoms with Crippen molar-refractivity contribution < 1.29 is 0 Å². The van der Waals surface area contributed by atoms with E-state index in [1.807, 2.05) is 12.4 Å². The summed E-state index contributed by atoms with van der Waals surface area (Å²) in [5.74, 6) is 1.66. The van der Waals surface area contributed by atoms with E-state index in [-0.39, 0.29) is 0 Å². The molecule has 0 bridgehead atoms. The number of aromatic nitrogens is 2. The number of benzene rings is 1. The molecule has 5 heteroatoms. The number of fused-ring (bicyclic) bond motifs is 1. The van der Waals surface area contributed by atoms with Crippen molar-refractivity contribution in [3.05, 3.63) is 46.5 Å². The van der Waals surface area contributed by atoms with Crippen molar-refractivity contribution >= 4 is 33.2 Å². The van der Waals surface area contributed by atoms with E-state index < -0.39 is 0 Å². The van der Waals surface area contributed by atoms with Gasteiger partial charge >= 0.3 is 0 Å². The molecular formula is C13H13BrClN3. The Labute approximate surface area is 120 Å². The van der Waals surface area contributed by atoms with Gasteiger partial charge < -0.3 is 9.47 Å². The summed E-state index contributed by atoms with van der Waals surface area (Å²) in [4.78, 5) is 6.72. The Morgan fingerprint density at radius 3 is 3.00 bits per heavy atom. The van der Waals surface area contributed by atoms with Crippen LogP contribution in [0.1, 0.15) is 11.4 Å². The largest absolute Gasteiger partial charge is 0.361 e. The molecule has 3 rings (SSSR count). The molecule has 3 nitrogen and oxygen atoms in total. The number of imidazole rings is 1. The zero-order valence-corrected chi connectivity index (χ0v) is 12.2. The van der Waals surface area contributed by atoms with Gasteiger partial charge in [-0.15, -0.1) is 11.6 Å². The number of hydrogen-bond acceptors (Lipinski definition) is 2. The van der Waals surface area contributed by atoms with Crippen molar-refractivity contribution in [1.29, 1.82) is 0 Å². The summed E-state index contributed by atoms with van der Waals surface area (Å²) in [6.07, 6.45) is 3.91. The van der Waals surface area contributed by atoms with E-state index >= 15 is 0 Å². The minimum Gasteiger partial charge on any atom is -0.361 e. The van der Waals surface area contributed by atoms with Crippen LogP contribution in [0.4, 0.5) is 5.69 Å². The van der Waals surface area contributed by atoms with Crippen molar-refractivity contribution in [2.45, 2.75) is 19.0 Å². The lowest BCUT2D eigenvalue weighted by Crippen LogP contribution is -2.33. The van der Waals surface area contributed by atoms with Crippen LogP contribution in [-0.2, 0) is 19.0 Å². The van der Waals surface area contributed by atoms with Crippen LogP contribution in [0.2, 0.25) is 0 Å². The molecule has 94 valence electrons. The number of rotatable bonds is 2. The maximum Gasteiger partial charge on any atom is 0.128 e. The first kappa shape index (κ1) is 12.1. The number of anilines is 1. The van der Waals surface area contributed by atoms with Gasteiger partial charge in [-0.2, -0.15) is 0 Å². The van der Waals surface area contributed by atoms with E-state index in [2.05, 4.69) is 48.6 Å². The van der Waals surface area contributed by atoms with Crippen molar-refractivity contribution in [2.24, 2.45) is 0 Å². The lowest BCUT2D eigenvalue weighted by Gasteiger charge is -2.30. The van der Waals surface area contributed by atoms with Gasteiger partial charge in [0.25, 0.3) is 0 Å². The molecule has 1 aliphatic rings. The van der Waals surface area contributed by atoms with E-state index in [1.54, 1.807) is 0 Å². The molecule has 1 aliphatic heterocycles. The van der Waals surface area contributed by atoms with Gasteiger partial charge in [-0.05, 0) is 33.6 Å². The summed E-state index contributed by atoms with van der Waals surface area (Å²) in [7, 11) is 0. The third kappa shape index (κ3) is 2.15. The van der Waals surface area contributed by atoms with E-state index in [9.17, 15) is 0 Å². The standard InChI is InChI=1S/C13H13BrClN3/c14-11-7-10(8-15)1-2-12(11)18-6-5-17-4-3-16-13(17)9-18/h1-4,7H,5-6,8-9H2. The zero-order valence-electron chi connectivity index (χ0n) is 9.81. The number of halogens is 2. The molecule has 0 atom stereocenters. The molecule has 0 saturated heterocycles. The van der Waals surface area contributed by atoms with E-state index in [0.29, 0.717) is 5.88 Å². The Morgan fingerprint density at radius 2 is 2.22 bits per heavy atom. The maximum atomic E-state index is 5.84. The molecule has 0 saturated carbocycles. The second kappa shape index (κ2) is 4.94. The normalized spacial score (nSPS) is 14.7. The molecule has 0 fully saturated rings. The molecule has 18 heavy (non-hydrogen) atoms. The third-order valence-electron chi connectivity index (χ3n) is 3.25. The Kier molecular flexibility index (Phi) is 3.31. The molecular weight excluding hydrogens is 314 g/mol. The topological polar surface area (TPSA) is 21.1 Å². The van der Waals surface area contributed by atoms with E-state index in [1.165, 1.54) is 5.69 Å². The monoisotopic (exact) mass is 325 g/mol. The average Bonchev–Trinajstić information content (AvgIpc) is 2.85. The minimum atomic E-state index is 0.545. The summed E-state index contributed by atoms with van der Waals surface area (Å²) < 4.78 is 3.30. The van der Waals surface area contributed by atoms with Crippen LogP contribution in [0.3, 0.4) is 0 Å². The Balaban J connectivity index is 1.88. The summed E-state index contributed by atoms with van der Waals surface area (Å²) >= 11 is 9.47. The Morgan fingerprint density at radius 1 is 1.33 bits per heavy atom. The SMILES string of the molecule is ClCc1ccc(N2CCn3ccnc3C2)c(Br)c1.